The summed E-state index contributed by atoms with van der Waals surface area (Å²) in [6, 6.07) is 9.24. The van der Waals surface area contributed by atoms with Crippen LogP contribution in [0.1, 0.15) is 0 Å². The number of hydrogen-bond acceptors (Lipinski definition) is 1. The van der Waals surface area contributed by atoms with E-state index in [1.807, 2.05) is 30.3 Å². The smallest absolute Gasteiger partial charge is 0.243 e. The monoisotopic (exact) mass is 225 g/mol. The van der Waals surface area contributed by atoms with Gasteiger partial charge in [-0.1, -0.05) is 18.2 Å². The molecule has 0 fully saturated rings. The molecule has 0 aromatic heterocycles. The minimum Gasteiger partial charge on any atom is -0.370 e. The molecule has 0 aliphatic rings. The highest BCUT2D eigenvalue weighted by molar-refractivity contribution is 6.37. The molecule has 15 heavy (non-hydrogen) atoms. The van der Waals surface area contributed by atoms with Crippen molar-refractivity contribution in [2.45, 2.75) is 0 Å². The van der Waals surface area contributed by atoms with Gasteiger partial charge in [0.25, 0.3) is 0 Å². The summed E-state index contributed by atoms with van der Waals surface area (Å²) in [5, 5.41) is 0. The lowest BCUT2D eigenvalue weighted by Gasteiger charge is -2.13. The van der Waals surface area contributed by atoms with Crippen molar-refractivity contribution in [1.82, 2.24) is 0 Å². The van der Waals surface area contributed by atoms with Crippen molar-refractivity contribution in [3.63, 3.8) is 0 Å². The number of halogens is 1. The second-order valence-electron chi connectivity index (χ2n) is 2.68. The first-order valence-corrected chi connectivity index (χ1v) is 4.56. The number of aliphatic imine (C=N–C) groups is 2. The molecule has 4 N–H and O–H groups in total. The van der Waals surface area contributed by atoms with Gasteiger partial charge in [0.05, 0.1) is 5.69 Å². The third-order valence-electron chi connectivity index (χ3n) is 1.59. The molecule has 0 aliphatic heterocycles. The third kappa shape index (κ3) is 3.14. The molecule has 0 unspecified atom stereocenters. The van der Waals surface area contributed by atoms with Crippen molar-refractivity contribution in [2.75, 3.05) is 11.5 Å². The number of guanidine groups is 2. The molecule has 0 radical (unpaired) electrons. The Kier molecular flexibility index (Phi) is 3.93. The topological polar surface area (TPSA) is 80.0 Å². The molecule has 1 rings (SSSR count). The Labute approximate surface area is 93.2 Å². The highest BCUT2D eigenvalue weighted by atomic mass is 35.5. The van der Waals surface area contributed by atoms with Gasteiger partial charge in [-0.3, -0.25) is 4.99 Å². The lowest BCUT2D eigenvalue weighted by atomic mass is 10.3. The number of para-hydroxylation sites is 1. The van der Waals surface area contributed by atoms with E-state index in [0.29, 0.717) is 0 Å². The van der Waals surface area contributed by atoms with Gasteiger partial charge in [0.15, 0.2) is 5.96 Å². The van der Waals surface area contributed by atoms with E-state index in [1.165, 1.54) is 4.42 Å². The Morgan fingerprint density at radius 2 is 1.87 bits per heavy atom. The Hall–Kier alpha value is -1.75. The van der Waals surface area contributed by atoms with E-state index >= 15 is 0 Å². The molecule has 1 aromatic rings. The maximum Gasteiger partial charge on any atom is 0.243 e. The fourth-order valence-corrected chi connectivity index (χ4v) is 1.20. The molecule has 0 saturated heterocycles. The average molecular weight is 226 g/mol. The summed E-state index contributed by atoms with van der Waals surface area (Å²) in [4.78, 5) is 7.66. The van der Waals surface area contributed by atoms with Gasteiger partial charge in [-0.25, -0.2) is 4.42 Å². The van der Waals surface area contributed by atoms with Crippen LogP contribution in [0, 0.1) is 0 Å². The van der Waals surface area contributed by atoms with Crippen LogP contribution >= 0.6 is 11.8 Å². The summed E-state index contributed by atoms with van der Waals surface area (Å²) in [5.74, 6) is 0.153. The summed E-state index contributed by atoms with van der Waals surface area (Å²) in [5.41, 5.74) is 11.2. The number of benzene rings is 1. The molecular weight excluding hydrogens is 214 g/mol. The van der Waals surface area contributed by atoms with Crippen molar-refractivity contribution in [3.05, 3.63) is 30.3 Å². The van der Waals surface area contributed by atoms with Gasteiger partial charge in [0, 0.05) is 18.8 Å². The predicted octanol–water partition coefficient (Wildman–Crippen LogP) is 0.906. The Morgan fingerprint density at radius 1 is 1.27 bits per heavy atom. The van der Waals surface area contributed by atoms with Gasteiger partial charge in [-0.2, -0.15) is 4.99 Å². The van der Waals surface area contributed by atoms with E-state index in [9.17, 15) is 0 Å². The molecule has 5 nitrogen and oxygen atoms in total. The number of anilines is 1. The van der Waals surface area contributed by atoms with E-state index in [4.69, 9.17) is 23.2 Å². The second kappa shape index (κ2) is 5.21. The third-order valence-corrected chi connectivity index (χ3v) is 1.93. The largest absolute Gasteiger partial charge is 0.370 e. The molecule has 0 amide bonds. The van der Waals surface area contributed by atoms with Crippen molar-refractivity contribution >= 4 is 29.4 Å². The maximum atomic E-state index is 6.00. The summed E-state index contributed by atoms with van der Waals surface area (Å²) < 4.78 is 1.28. The number of nitrogens with zero attached hydrogens (tertiary/aromatic N) is 3. The minimum absolute atomic E-state index is 0.0859. The van der Waals surface area contributed by atoms with E-state index in [2.05, 4.69) is 9.98 Å². The molecule has 0 aliphatic carbocycles. The fourth-order valence-electron chi connectivity index (χ4n) is 0.972. The molecule has 0 spiro atoms. The Balaban J connectivity index is 2.93. The molecule has 80 valence electrons. The SMILES string of the molecule is CN=C(N=C(N)N)N(Cl)c1ccccc1. The molecule has 6 heteroatoms. The highest BCUT2D eigenvalue weighted by Crippen LogP contribution is 2.16. The summed E-state index contributed by atoms with van der Waals surface area (Å²) >= 11 is 6.00. The normalized spacial score (nSPS) is 10.9. The zero-order valence-corrected chi connectivity index (χ0v) is 9.02. The maximum absolute atomic E-state index is 6.00. The van der Waals surface area contributed by atoms with Crippen LogP contribution in [0.3, 0.4) is 0 Å². The van der Waals surface area contributed by atoms with Crippen LogP contribution in [0.5, 0.6) is 0 Å². The first kappa shape index (κ1) is 11.3. The van der Waals surface area contributed by atoms with Gasteiger partial charge >= 0.3 is 0 Å². The number of hydrogen-bond donors (Lipinski definition) is 2. The minimum atomic E-state index is -0.0859. The summed E-state index contributed by atoms with van der Waals surface area (Å²) in [6.45, 7) is 0. The van der Waals surface area contributed by atoms with E-state index in [0.717, 1.165) is 5.69 Å². The molecule has 0 heterocycles. The van der Waals surface area contributed by atoms with E-state index in [-0.39, 0.29) is 11.9 Å². The second-order valence-corrected chi connectivity index (χ2v) is 3.01. The van der Waals surface area contributed by atoms with Crippen LogP contribution in [0.25, 0.3) is 0 Å². The molecule has 1 aromatic carbocycles. The number of rotatable bonds is 1. The molecule has 0 saturated carbocycles. The van der Waals surface area contributed by atoms with Gasteiger partial charge in [-0.15, -0.1) is 0 Å². The fraction of sp³-hybridized carbons (Fsp3) is 0.111. The first-order valence-electron chi connectivity index (χ1n) is 4.22. The van der Waals surface area contributed by atoms with Crippen LogP contribution in [0.4, 0.5) is 5.69 Å². The highest BCUT2D eigenvalue weighted by Gasteiger charge is 2.09. The molecule has 0 atom stereocenters. The zero-order chi connectivity index (χ0) is 11.3. The Bertz CT molecular complexity index is 369. The van der Waals surface area contributed by atoms with Crippen molar-refractivity contribution in [3.8, 4) is 0 Å². The Morgan fingerprint density at radius 3 is 2.33 bits per heavy atom. The van der Waals surface area contributed by atoms with E-state index < -0.39 is 0 Å². The van der Waals surface area contributed by atoms with Crippen molar-refractivity contribution in [2.24, 2.45) is 21.5 Å². The van der Waals surface area contributed by atoms with Gasteiger partial charge in [0.1, 0.15) is 0 Å². The lowest BCUT2D eigenvalue weighted by Crippen LogP contribution is -2.28. The first-order chi connectivity index (χ1) is 7.15. The molecule has 0 bridgehead atoms. The lowest BCUT2D eigenvalue weighted by molar-refractivity contribution is 1.31. The zero-order valence-electron chi connectivity index (χ0n) is 8.26. The van der Waals surface area contributed by atoms with Gasteiger partial charge < -0.3 is 11.5 Å². The van der Waals surface area contributed by atoms with Crippen LogP contribution in [0.2, 0.25) is 0 Å². The van der Waals surface area contributed by atoms with Gasteiger partial charge in [0.2, 0.25) is 5.96 Å². The van der Waals surface area contributed by atoms with Crippen LogP contribution < -0.4 is 15.9 Å². The summed E-state index contributed by atoms with van der Waals surface area (Å²) in [7, 11) is 1.56. The number of nitrogens with two attached hydrogens (primary N) is 2. The van der Waals surface area contributed by atoms with E-state index in [1.54, 1.807) is 7.05 Å². The van der Waals surface area contributed by atoms with Crippen molar-refractivity contribution in [1.29, 1.82) is 0 Å². The van der Waals surface area contributed by atoms with Crippen LogP contribution in [-0.2, 0) is 0 Å². The standard InChI is InChI=1S/C9H12ClN5/c1-13-9(14-8(11)12)15(10)7-5-3-2-4-6-7/h2-6H,1H3,(H4,11,12,13,14). The molecular formula is C9H12ClN5. The van der Waals surface area contributed by atoms with Crippen LogP contribution in [-0.4, -0.2) is 19.0 Å². The van der Waals surface area contributed by atoms with Crippen molar-refractivity contribution < 1.29 is 0 Å². The predicted molar refractivity (Wildman–Crippen MR) is 63.9 cm³/mol. The summed E-state index contributed by atoms with van der Waals surface area (Å²) in [6.07, 6.45) is 0. The van der Waals surface area contributed by atoms with Gasteiger partial charge in [-0.05, 0) is 12.1 Å². The quantitative estimate of drug-likeness (QED) is 0.424. The average Bonchev–Trinajstić information content (AvgIpc) is 2.26. The van der Waals surface area contributed by atoms with Crippen LogP contribution in [0.15, 0.2) is 40.3 Å².